The van der Waals surface area contributed by atoms with Gasteiger partial charge in [-0.2, -0.15) is 4.79 Å². The minimum atomic E-state index is -1.37. The Morgan fingerprint density at radius 3 is 2.27 bits per heavy atom. The van der Waals surface area contributed by atoms with Crippen LogP contribution in [-0.2, 0) is 24.1 Å². The Labute approximate surface area is 60.3 Å². The van der Waals surface area contributed by atoms with Crippen molar-refractivity contribution in [3.63, 3.8) is 0 Å². The van der Waals surface area contributed by atoms with Crippen LogP contribution in [0, 0.1) is 0 Å². The minimum Gasteiger partial charge on any atom is -0.354 e. The van der Waals surface area contributed by atoms with Crippen molar-refractivity contribution in [2.45, 2.75) is 0 Å². The summed E-state index contributed by atoms with van der Waals surface area (Å²) in [7, 11) is 0. The number of esters is 1. The van der Waals surface area contributed by atoms with E-state index in [0.717, 1.165) is 12.2 Å². The van der Waals surface area contributed by atoms with Gasteiger partial charge in [-0.3, -0.25) is 0 Å². The first-order chi connectivity index (χ1) is 5.18. The minimum absolute atomic E-state index is 0.753. The molecule has 0 unspecified atom stereocenters. The SMILES string of the molecule is O=C1/C=C/C(=O)OC(=O)OO1. The second kappa shape index (κ2) is 2.82. The lowest BCUT2D eigenvalue weighted by molar-refractivity contribution is -0.238. The van der Waals surface area contributed by atoms with Gasteiger partial charge >= 0.3 is 18.1 Å². The molecule has 1 rings (SSSR count). The first-order valence-corrected chi connectivity index (χ1v) is 2.51. The van der Waals surface area contributed by atoms with E-state index in [2.05, 4.69) is 14.5 Å². The van der Waals surface area contributed by atoms with Crippen LogP contribution in [0.2, 0.25) is 0 Å². The van der Waals surface area contributed by atoms with Crippen LogP contribution in [0.4, 0.5) is 4.79 Å². The first-order valence-electron chi connectivity index (χ1n) is 2.51. The summed E-state index contributed by atoms with van der Waals surface area (Å²) in [5, 5.41) is 0. The van der Waals surface area contributed by atoms with Gasteiger partial charge in [0.1, 0.15) is 0 Å². The molecule has 6 nitrogen and oxygen atoms in total. The Bertz CT molecular complexity index is 239. The Morgan fingerprint density at radius 2 is 1.55 bits per heavy atom. The van der Waals surface area contributed by atoms with Crippen molar-refractivity contribution in [2.75, 3.05) is 0 Å². The molecule has 0 saturated heterocycles. The van der Waals surface area contributed by atoms with E-state index in [1.165, 1.54) is 0 Å². The van der Waals surface area contributed by atoms with Crippen LogP contribution in [0.25, 0.3) is 0 Å². The van der Waals surface area contributed by atoms with Crippen LogP contribution in [-0.4, -0.2) is 18.1 Å². The van der Waals surface area contributed by atoms with Gasteiger partial charge in [0.15, 0.2) is 0 Å². The van der Waals surface area contributed by atoms with Crippen LogP contribution in [0.5, 0.6) is 0 Å². The highest BCUT2D eigenvalue weighted by molar-refractivity contribution is 5.96. The predicted octanol–water partition coefficient (Wildman–Crippen LogP) is -0.306. The lowest BCUT2D eigenvalue weighted by Crippen LogP contribution is -2.17. The van der Waals surface area contributed by atoms with E-state index in [9.17, 15) is 14.4 Å². The highest BCUT2D eigenvalue weighted by Crippen LogP contribution is 1.95. The van der Waals surface area contributed by atoms with E-state index in [1.807, 2.05) is 0 Å². The molecule has 1 heterocycles. The summed E-state index contributed by atoms with van der Waals surface area (Å²) in [4.78, 5) is 38.4. The maximum atomic E-state index is 10.4. The van der Waals surface area contributed by atoms with Gasteiger partial charge in [0.25, 0.3) is 0 Å². The Kier molecular flexibility index (Phi) is 1.86. The lowest BCUT2D eigenvalue weighted by atomic mass is 10.5. The van der Waals surface area contributed by atoms with Gasteiger partial charge in [-0.25, -0.2) is 19.4 Å². The molecule has 0 aromatic rings. The summed E-state index contributed by atoms with van der Waals surface area (Å²) in [6.07, 6.45) is 0.157. The van der Waals surface area contributed by atoms with Gasteiger partial charge in [0, 0.05) is 12.2 Å². The molecule has 0 saturated carbocycles. The summed E-state index contributed by atoms with van der Waals surface area (Å²) in [5.74, 6) is -1.93. The summed E-state index contributed by atoms with van der Waals surface area (Å²) >= 11 is 0. The van der Waals surface area contributed by atoms with E-state index in [4.69, 9.17) is 0 Å². The van der Waals surface area contributed by atoms with Gasteiger partial charge in [0.2, 0.25) is 0 Å². The van der Waals surface area contributed by atoms with Gasteiger partial charge < -0.3 is 4.74 Å². The number of hydrogen-bond acceptors (Lipinski definition) is 6. The fourth-order valence-electron chi connectivity index (χ4n) is 0.372. The molecule has 0 bridgehead atoms. The molecule has 0 N–H and O–H groups in total. The molecular formula is C5H2O6. The molecule has 0 atom stereocenters. The molecule has 1 aliphatic rings. The topological polar surface area (TPSA) is 78.9 Å². The van der Waals surface area contributed by atoms with E-state index < -0.39 is 18.1 Å². The molecule has 0 fully saturated rings. The van der Waals surface area contributed by atoms with Crippen LogP contribution >= 0.6 is 0 Å². The molecular weight excluding hydrogens is 156 g/mol. The summed E-state index contributed by atoms with van der Waals surface area (Å²) in [6.45, 7) is 0. The Morgan fingerprint density at radius 1 is 0.909 bits per heavy atom. The normalized spacial score (nSPS) is 20.5. The number of carbonyl (C=O) groups excluding carboxylic acids is 3. The monoisotopic (exact) mass is 158 g/mol. The van der Waals surface area contributed by atoms with Gasteiger partial charge in [0.05, 0.1) is 0 Å². The maximum Gasteiger partial charge on any atom is 0.558 e. The van der Waals surface area contributed by atoms with E-state index in [0.29, 0.717) is 0 Å². The smallest absolute Gasteiger partial charge is 0.354 e. The van der Waals surface area contributed by atoms with Crippen molar-refractivity contribution in [2.24, 2.45) is 0 Å². The maximum absolute atomic E-state index is 10.4. The Hall–Kier alpha value is -1.85. The van der Waals surface area contributed by atoms with Crippen LogP contribution in [0.1, 0.15) is 0 Å². The molecule has 0 radical (unpaired) electrons. The van der Waals surface area contributed by atoms with E-state index in [-0.39, 0.29) is 0 Å². The number of hydrogen-bond donors (Lipinski definition) is 0. The standard InChI is InChI=1S/C5H2O6/c6-3-1-2-4(7)10-11-5(8)9-3/h1-2H/b2-1+. The van der Waals surface area contributed by atoms with Crippen LogP contribution in [0.3, 0.4) is 0 Å². The zero-order chi connectivity index (χ0) is 8.27. The van der Waals surface area contributed by atoms with Gasteiger partial charge in [-0.1, -0.05) is 0 Å². The highest BCUT2D eigenvalue weighted by Gasteiger charge is 2.15. The fraction of sp³-hybridized carbons (Fsp3) is 0. The van der Waals surface area contributed by atoms with Gasteiger partial charge in [-0.15, -0.1) is 0 Å². The molecule has 0 aliphatic carbocycles. The third-order valence-electron chi connectivity index (χ3n) is 0.731. The van der Waals surface area contributed by atoms with Crippen molar-refractivity contribution >= 4 is 18.1 Å². The van der Waals surface area contributed by atoms with Crippen LogP contribution in [0.15, 0.2) is 12.2 Å². The number of rotatable bonds is 0. The predicted molar refractivity (Wildman–Crippen MR) is 27.8 cm³/mol. The van der Waals surface area contributed by atoms with E-state index >= 15 is 0 Å². The summed E-state index contributed by atoms with van der Waals surface area (Å²) in [5.41, 5.74) is 0. The lowest BCUT2D eigenvalue weighted by Gasteiger charge is -2.01. The summed E-state index contributed by atoms with van der Waals surface area (Å²) < 4.78 is 3.88. The molecule has 58 valence electrons. The average Bonchev–Trinajstić information content (AvgIpc) is 1.95. The third-order valence-corrected chi connectivity index (χ3v) is 0.731. The van der Waals surface area contributed by atoms with Crippen molar-refractivity contribution < 1.29 is 28.9 Å². The molecule has 6 heteroatoms. The Balaban J connectivity index is 2.72. The molecule has 0 spiro atoms. The van der Waals surface area contributed by atoms with Crippen molar-refractivity contribution in [3.8, 4) is 0 Å². The second-order valence-corrected chi connectivity index (χ2v) is 1.49. The van der Waals surface area contributed by atoms with Crippen molar-refractivity contribution in [1.29, 1.82) is 0 Å². The zero-order valence-corrected chi connectivity index (χ0v) is 5.10. The molecule has 0 aromatic heterocycles. The quantitative estimate of drug-likeness (QED) is 0.273. The highest BCUT2D eigenvalue weighted by atomic mass is 17.2. The average molecular weight is 158 g/mol. The number of ether oxygens (including phenoxy) is 1. The second-order valence-electron chi connectivity index (χ2n) is 1.49. The van der Waals surface area contributed by atoms with E-state index in [1.54, 1.807) is 0 Å². The molecule has 11 heavy (non-hydrogen) atoms. The zero-order valence-electron chi connectivity index (χ0n) is 5.10. The molecule has 0 aromatic carbocycles. The largest absolute Gasteiger partial charge is 0.558 e. The van der Waals surface area contributed by atoms with Crippen molar-refractivity contribution in [3.05, 3.63) is 12.2 Å². The molecule has 0 amide bonds. The van der Waals surface area contributed by atoms with Crippen LogP contribution < -0.4 is 0 Å². The third kappa shape index (κ3) is 2.09. The van der Waals surface area contributed by atoms with Crippen molar-refractivity contribution in [1.82, 2.24) is 0 Å². The summed E-state index contributed by atoms with van der Waals surface area (Å²) in [6, 6.07) is 0. The molecule has 1 aliphatic heterocycles. The van der Waals surface area contributed by atoms with Gasteiger partial charge in [-0.05, 0) is 0 Å². The number of carbonyl (C=O) groups is 3. The fourth-order valence-corrected chi connectivity index (χ4v) is 0.372. The first kappa shape index (κ1) is 7.26. The number of cyclic esters (lactones) is 2.